The number of methoxy groups -OCH3 is 1. The van der Waals surface area contributed by atoms with Gasteiger partial charge in [-0.15, -0.1) is 0 Å². The number of carbonyl (C=O) groups excluding carboxylic acids is 3. The molecule has 0 unspecified atom stereocenters. The molecule has 0 bridgehead atoms. The number of anilines is 1. The molecule has 0 aliphatic carbocycles. The lowest BCUT2D eigenvalue weighted by molar-refractivity contribution is -0.140. The fraction of sp³-hybridized carbons (Fsp3) is 0.360. The highest BCUT2D eigenvalue weighted by Crippen LogP contribution is 2.46. The molecule has 2 aliphatic rings. The quantitative estimate of drug-likeness (QED) is 0.426. The van der Waals surface area contributed by atoms with Gasteiger partial charge in [0.05, 0.1) is 24.4 Å². The molecule has 182 valence electrons. The van der Waals surface area contributed by atoms with Crippen LogP contribution in [0.2, 0.25) is 10.0 Å². The van der Waals surface area contributed by atoms with Crippen molar-refractivity contribution in [2.24, 2.45) is 0 Å². The monoisotopic (exact) mass is 514 g/mol. The van der Waals surface area contributed by atoms with Gasteiger partial charge in [-0.25, -0.2) is 9.69 Å². The maximum atomic E-state index is 14.1. The average molecular weight is 515 g/mol. The van der Waals surface area contributed by atoms with Crippen LogP contribution >= 0.6 is 23.2 Å². The van der Waals surface area contributed by atoms with Crippen LogP contribution in [0.3, 0.4) is 0 Å². The minimum Gasteiger partial charge on any atom is -0.469 e. The third-order valence-electron chi connectivity index (χ3n) is 6.76. The predicted octanol–water partition coefficient (Wildman–Crippen LogP) is 4.05. The Morgan fingerprint density at radius 1 is 1.17 bits per heavy atom. The fourth-order valence-corrected chi connectivity index (χ4v) is 5.53. The van der Waals surface area contributed by atoms with Crippen LogP contribution in [0, 0.1) is 11.3 Å². The Morgan fingerprint density at radius 3 is 2.43 bits per heavy atom. The molecule has 2 saturated heterocycles. The number of hydrogen-bond acceptors (Lipinski definition) is 6. The second-order valence-corrected chi connectivity index (χ2v) is 9.61. The molecule has 2 atom stereocenters. The number of urea groups is 1. The van der Waals surface area contributed by atoms with Crippen LogP contribution in [0.1, 0.15) is 29.9 Å². The first-order chi connectivity index (χ1) is 16.7. The first-order valence-corrected chi connectivity index (χ1v) is 11.8. The van der Waals surface area contributed by atoms with Crippen LogP contribution in [-0.4, -0.2) is 67.0 Å². The minimum absolute atomic E-state index is 0.261. The molecule has 0 radical (unpaired) electrons. The Balaban J connectivity index is 1.72. The van der Waals surface area contributed by atoms with E-state index < -0.39 is 11.6 Å². The molecule has 2 aromatic rings. The van der Waals surface area contributed by atoms with Gasteiger partial charge < -0.3 is 9.64 Å². The number of rotatable bonds is 6. The summed E-state index contributed by atoms with van der Waals surface area (Å²) in [7, 11) is 2.98. The van der Waals surface area contributed by atoms with Crippen molar-refractivity contribution in [1.82, 2.24) is 9.80 Å². The van der Waals surface area contributed by atoms with Crippen molar-refractivity contribution in [3.63, 3.8) is 0 Å². The van der Waals surface area contributed by atoms with Crippen LogP contribution in [0.15, 0.2) is 42.5 Å². The SMILES string of the molecule is COC(=O)CCCN1C[C@@H](c2ccc(C#N)cc2)[C@]2(C1)C(=O)N(c1cc(Cl)cc(Cl)c1)C(=O)N2C. The summed E-state index contributed by atoms with van der Waals surface area (Å²) in [5, 5.41) is 9.83. The van der Waals surface area contributed by atoms with Crippen LogP contribution < -0.4 is 4.90 Å². The number of imide groups is 1. The second kappa shape index (κ2) is 9.86. The lowest BCUT2D eigenvalue weighted by atomic mass is 9.80. The number of likely N-dealkylation sites (tertiary alicyclic amines) is 1. The van der Waals surface area contributed by atoms with Crippen molar-refractivity contribution in [1.29, 1.82) is 5.26 Å². The minimum atomic E-state index is -1.18. The van der Waals surface area contributed by atoms with Gasteiger partial charge in [0, 0.05) is 42.5 Å². The first kappa shape index (κ1) is 25.0. The number of benzene rings is 2. The maximum absolute atomic E-state index is 14.1. The van der Waals surface area contributed by atoms with Crippen LogP contribution in [0.25, 0.3) is 0 Å². The number of ether oxygens (including phenoxy) is 1. The van der Waals surface area contributed by atoms with E-state index in [0.717, 1.165) is 10.5 Å². The summed E-state index contributed by atoms with van der Waals surface area (Å²) in [5.74, 6) is -1.02. The summed E-state index contributed by atoms with van der Waals surface area (Å²) in [4.78, 5) is 43.8. The fourth-order valence-electron chi connectivity index (χ4n) is 5.01. The summed E-state index contributed by atoms with van der Waals surface area (Å²) in [5.41, 5.74) is 0.487. The van der Waals surface area contributed by atoms with Gasteiger partial charge in [-0.3, -0.25) is 14.5 Å². The van der Waals surface area contributed by atoms with Gasteiger partial charge in [0.25, 0.3) is 5.91 Å². The largest absolute Gasteiger partial charge is 0.469 e. The Hall–Kier alpha value is -3.12. The van der Waals surface area contributed by atoms with E-state index >= 15 is 0 Å². The van der Waals surface area contributed by atoms with E-state index in [4.69, 9.17) is 27.9 Å². The number of esters is 1. The highest BCUT2D eigenvalue weighted by Gasteiger charge is 2.64. The summed E-state index contributed by atoms with van der Waals surface area (Å²) in [6, 6.07) is 13.3. The average Bonchev–Trinajstić information content (AvgIpc) is 3.30. The molecule has 35 heavy (non-hydrogen) atoms. The van der Waals surface area contributed by atoms with Crippen LogP contribution in [0.5, 0.6) is 0 Å². The maximum Gasteiger partial charge on any atom is 0.332 e. The molecule has 2 aromatic carbocycles. The zero-order valence-electron chi connectivity index (χ0n) is 19.3. The molecule has 4 rings (SSSR count). The number of amides is 3. The highest BCUT2D eigenvalue weighted by atomic mass is 35.5. The number of nitrogens with zero attached hydrogens (tertiary/aromatic N) is 4. The Morgan fingerprint density at radius 2 is 1.83 bits per heavy atom. The van der Waals surface area contributed by atoms with Crippen molar-refractivity contribution in [2.45, 2.75) is 24.3 Å². The molecular formula is C25H24Cl2N4O4. The Bertz CT molecular complexity index is 1190. The molecule has 2 aliphatic heterocycles. The van der Waals surface area contributed by atoms with Gasteiger partial charge in [-0.2, -0.15) is 5.26 Å². The standard InChI is InChI=1S/C25H24Cl2N4O4/c1-29-24(34)31(20-11-18(26)10-19(27)12-20)23(33)25(29)15-30(9-3-4-22(32)35-2)14-21(25)17-7-5-16(13-28)6-8-17/h5-8,10-12,21H,3-4,9,14-15H2,1-2H3/t21-,25+/m0/s1. The first-order valence-electron chi connectivity index (χ1n) is 11.1. The van der Waals surface area contributed by atoms with Crippen LogP contribution in [-0.2, 0) is 14.3 Å². The summed E-state index contributed by atoms with van der Waals surface area (Å²) < 4.78 is 4.73. The molecule has 2 fully saturated rings. The number of likely N-dealkylation sites (N-methyl/N-ethyl adjacent to an activating group) is 1. The zero-order chi connectivity index (χ0) is 25.3. The molecule has 0 saturated carbocycles. The molecular weight excluding hydrogens is 491 g/mol. The Kier molecular flexibility index (Phi) is 7.04. The summed E-state index contributed by atoms with van der Waals surface area (Å²) >= 11 is 12.3. The molecule has 0 aromatic heterocycles. The van der Waals surface area contributed by atoms with Crippen molar-refractivity contribution >= 4 is 46.8 Å². The molecule has 10 heteroatoms. The van der Waals surface area contributed by atoms with Gasteiger partial charge in [-0.1, -0.05) is 35.3 Å². The van der Waals surface area contributed by atoms with E-state index in [9.17, 15) is 19.6 Å². The van der Waals surface area contributed by atoms with Crippen molar-refractivity contribution < 1.29 is 19.1 Å². The van der Waals surface area contributed by atoms with Gasteiger partial charge in [0.15, 0.2) is 0 Å². The smallest absolute Gasteiger partial charge is 0.332 e. The topological polar surface area (TPSA) is 94.0 Å². The molecule has 2 heterocycles. The van der Waals surface area contributed by atoms with Gasteiger partial charge in [0.2, 0.25) is 0 Å². The van der Waals surface area contributed by atoms with Crippen LogP contribution in [0.4, 0.5) is 10.5 Å². The van der Waals surface area contributed by atoms with E-state index in [2.05, 4.69) is 11.0 Å². The van der Waals surface area contributed by atoms with Crippen molar-refractivity contribution in [3.05, 3.63) is 63.6 Å². The zero-order valence-corrected chi connectivity index (χ0v) is 20.8. The van der Waals surface area contributed by atoms with Crippen molar-refractivity contribution in [3.8, 4) is 6.07 Å². The van der Waals surface area contributed by atoms with E-state index in [-0.39, 0.29) is 24.2 Å². The molecule has 8 nitrogen and oxygen atoms in total. The molecule has 3 amide bonds. The number of nitriles is 1. The van der Waals surface area contributed by atoms with Gasteiger partial charge in [0.1, 0.15) is 5.54 Å². The normalized spacial score (nSPS) is 22.2. The second-order valence-electron chi connectivity index (χ2n) is 8.74. The third kappa shape index (κ3) is 4.47. The van der Waals surface area contributed by atoms with E-state index in [1.54, 1.807) is 19.2 Å². The lowest BCUT2D eigenvalue weighted by Gasteiger charge is -2.34. The number of halogens is 2. The molecule has 0 N–H and O–H groups in total. The van der Waals surface area contributed by atoms with E-state index in [0.29, 0.717) is 47.4 Å². The van der Waals surface area contributed by atoms with E-state index in [1.807, 2.05) is 12.1 Å². The van der Waals surface area contributed by atoms with E-state index in [1.165, 1.54) is 30.2 Å². The molecule has 1 spiro atoms. The lowest BCUT2D eigenvalue weighted by Crippen LogP contribution is -2.53. The number of hydrogen-bond donors (Lipinski definition) is 0. The highest BCUT2D eigenvalue weighted by molar-refractivity contribution is 6.35. The van der Waals surface area contributed by atoms with Gasteiger partial charge in [-0.05, 0) is 48.9 Å². The van der Waals surface area contributed by atoms with Gasteiger partial charge >= 0.3 is 12.0 Å². The van der Waals surface area contributed by atoms with Crippen molar-refractivity contribution in [2.75, 3.05) is 38.7 Å². The number of carbonyl (C=O) groups is 3. The summed E-state index contributed by atoms with van der Waals surface area (Å²) in [6.45, 7) is 1.35. The predicted molar refractivity (Wildman–Crippen MR) is 131 cm³/mol. The summed E-state index contributed by atoms with van der Waals surface area (Å²) in [6.07, 6.45) is 0.819. The third-order valence-corrected chi connectivity index (χ3v) is 7.20. The Labute approximate surface area is 213 Å².